The van der Waals surface area contributed by atoms with Crippen molar-refractivity contribution in [2.24, 2.45) is 0 Å². The van der Waals surface area contributed by atoms with E-state index in [-0.39, 0.29) is 5.91 Å². The lowest BCUT2D eigenvalue weighted by Crippen LogP contribution is -2.14. The Morgan fingerprint density at radius 1 is 1.02 bits per heavy atom. The highest BCUT2D eigenvalue weighted by molar-refractivity contribution is 6.09. The van der Waals surface area contributed by atoms with E-state index in [9.17, 15) is 14.9 Å². The molecule has 5 aromatic rings. The molecule has 4 aromatic carbocycles. The maximum Gasteiger partial charge on any atom is 0.256 e. The molecule has 0 spiro atoms. The van der Waals surface area contributed by atoms with Gasteiger partial charge in [-0.2, -0.15) is 5.26 Å². The van der Waals surface area contributed by atoms with Gasteiger partial charge in [0.1, 0.15) is 5.82 Å². The van der Waals surface area contributed by atoms with Gasteiger partial charge in [-0.25, -0.2) is 4.98 Å². The highest BCUT2D eigenvalue weighted by Crippen LogP contribution is 2.28. The van der Waals surface area contributed by atoms with Gasteiger partial charge in [0.15, 0.2) is 6.29 Å². The van der Waals surface area contributed by atoms with Crippen molar-refractivity contribution in [2.45, 2.75) is 39.7 Å². The summed E-state index contributed by atoms with van der Waals surface area (Å²) in [5.41, 5.74) is 7.86. The number of nitrogens with one attached hydrogen (secondary N) is 1. The number of amides is 1. The predicted molar refractivity (Wildman–Crippen MR) is 159 cm³/mol. The van der Waals surface area contributed by atoms with Gasteiger partial charge >= 0.3 is 0 Å². The second-order valence-electron chi connectivity index (χ2n) is 9.89. The van der Waals surface area contributed by atoms with Gasteiger partial charge in [0.25, 0.3) is 5.91 Å². The second kappa shape index (κ2) is 11.8. The third-order valence-electron chi connectivity index (χ3n) is 7.12. The Balaban J connectivity index is 1.50. The molecule has 0 saturated heterocycles. The molecule has 0 aliphatic heterocycles. The van der Waals surface area contributed by atoms with E-state index in [1.54, 1.807) is 24.3 Å². The Hall–Kier alpha value is -5.02. The van der Waals surface area contributed by atoms with E-state index in [1.807, 2.05) is 43.3 Å². The second-order valence-corrected chi connectivity index (χ2v) is 9.89. The first kappa shape index (κ1) is 26.6. The Bertz CT molecular complexity index is 1740. The lowest BCUT2D eigenvalue weighted by molar-refractivity contribution is 0.101. The van der Waals surface area contributed by atoms with Crippen molar-refractivity contribution >= 4 is 28.9 Å². The standard InChI is InChI=1S/C34H30N4O2/c1-3-4-13-32-37-33-23(2)18-28(36-34(40)30-12-8-6-10-27(30)22-39)19-31(33)38(32)21-24-14-16-25(17-15-24)29-11-7-5-9-26(29)20-35/h5-12,14-19,22H,3-4,13,21H2,1-2H3,(H,36,40). The number of anilines is 1. The fourth-order valence-electron chi connectivity index (χ4n) is 5.02. The van der Waals surface area contributed by atoms with Gasteiger partial charge in [-0.3, -0.25) is 9.59 Å². The topological polar surface area (TPSA) is 87.8 Å². The number of carbonyl (C=O) groups excluding carboxylic acids is 2. The zero-order valence-electron chi connectivity index (χ0n) is 22.6. The number of nitriles is 1. The van der Waals surface area contributed by atoms with Gasteiger partial charge < -0.3 is 9.88 Å². The number of aldehydes is 1. The first-order valence-corrected chi connectivity index (χ1v) is 13.5. The molecule has 0 radical (unpaired) electrons. The number of benzene rings is 4. The lowest BCUT2D eigenvalue weighted by atomic mass is 9.99. The molecule has 6 heteroatoms. The van der Waals surface area contributed by atoms with Crippen LogP contribution in [0, 0.1) is 18.3 Å². The van der Waals surface area contributed by atoms with E-state index >= 15 is 0 Å². The summed E-state index contributed by atoms with van der Waals surface area (Å²) < 4.78 is 2.23. The highest BCUT2D eigenvalue weighted by Gasteiger charge is 2.17. The van der Waals surface area contributed by atoms with Crippen LogP contribution in [0.3, 0.4) is 0 Å². The molecule has 6 nitrogen and oxygen atoms in total. The minimum atomic E-state index is -0.327. The van der Waals surface area contributed by atoms with Gasteiger partial charge in [0.05, 0.1) is 28.2 Å². The van der Waals surface area contributed by atoms with Crippen LogP contribution in [0.25, 0.3) is 22.2 Å². The van der Waals surface area contributed by atoms with Crippen LogP contribution >= 0.6 is 0 Å². The maximum atomic E-state index is 13.0. The minimum absolute atomic E-state index is 0.327. The molecule has 198 valence electrons. The van der Waals surface area contributed by atoms with E-state index in [0.29, 0.717) is 35.2 Å². The summed E-state index contributed by atoms with van der Waals surface area (Å²) in [5.74, 6) is 0.681. The molecule has 0 unspecified atom stereocenters. The Morgan fingerprint density at radius 2 is 1.77 bits per heavy atom. The number of unbranched alkanes of at least 4 members (excludes halogenated alkanes) is 1. The third kappa shape index (κ3) is 5.41. The van der Waals surface area contributed by atoms with Gasteiger partial charge in [-0.1, -0.05) is 74.0 Å². The van der Waals surface area contributed by atoms with Gasteiger partial charge in [0.2, 0.25) is 0 Å². The van der Waals surface area contributed by atoms with E-state index in [1.165, 1.54) is 0 Å². The van der Waals surface area contributed by atoms with Gasteiger partial charge in [-0.15, -0.1) is 0 Å². The van der Waals surface area contributed by atoms with E-state index in [0.717, 1.165) is 58.4 Å². The summed E-state index contributed by atoms with van der Waals surface area (Å²) in [6.45, 7) is 4.79. The van der Waals surface area contributed by atoms with Crippen molar-refractivity contribution in [3.05, 3.63) is 119 Å². The number of hydrogen-bond acceptors (Lipinski definition) is 4. The van der Waals surface area contributed by atoms with Crippen molar-refractivity contribution in [1.82, 2.24) is 9.55 Å². The smallest absolute Gasteiger partial charge is 0.256 e. The van der Waals surface area contributed by atoms with Gasteiger partial charge in [0, 0.05) is 24.2 Å². The zero-order chi connectivity index (χ0) is 28.1. The van der Waals surface area contributed by atoms with Crippen LogP contribution in [0.15, 0.2) is 84.9 Å². The fourth-order valence-corrected chi connectivity index (χ4v) is 5.02. The summed E-state index contributed by atoms with van der Waals surface area (Å²) in [7, 11) is 0. The molecule has 40 heavy (non-hydrogen) atoms. The summed E-state index contributed by atoms with van der Waals surface area (Å²) >= 11 is 0. The van der Waals surface area contributed by atoms with Gasteiger partial charge in [-0.05, 0) is 59.9 Å². The normalized spacial score (nSPS) is 10.8. The molecule has 5 rings (SSSR count). The molecule has 0 aliphatic rings. The molecule has 0 fully saturated rings. The van der Waals surface area contributed by atoms with E-state index in [4.69, 9.17) is 4.98 Å². The summed E-state index contributed by atoms with van der Waals surface area (Å²) in [4.78, 5) is 29.5. The highest BCUT2D eigenvalue weighted by atomic mass is 16.1. The number of aromatic nitrogens is 2. The Labute approximate surface area is 233 Å². The number of aryl methyl sites for hydroxylation is 2. The van der Waals surface area contributed by atoms with E-state index in [2.05, 4.69) is 47.1 Å². The molecular formula is C34H30N4O2. The molecule has 1 aromatic heterocycles. The molecule has 1 amide bonds. The van der Waals surface area contributed by atoms with Crippen LogP contribution in [-0.4, -0.2) is 21.7 Å². The van der Waals surface area contributed by atoms with Crippen LogP contribution in [-0.2, 0) is 13.0 Å². The van der Waals surface area contributed by atoms with Crippen LogP contribution in [0.2, 0.25) is 0 Å². The molecule has 1 heterocycles. The number of carbonyl (C=O) groups is 2. The average Bonchev–Trinajstić information content (AvgIpc) is 3.33. The van der Waals surface area contributed by atoms with Crippen molar-refractivity contribution in [3.8, 4) is 17.2 Å². The first-order chi connectivity index (χ1) is 19.5. The number of fused-ring (bicyclic) bond motifs is 1. The van der Waals surface area contributed by atoms with E-state index < -0.39 is 0 Å². The fraction of sp³-hybridized carbons (Fsp3) is 0.176. The molecule has 0 aliphatic carbocycles. The zero-order valence-corrected chi connectivity index (χ0v) is 22.6. The monoisotopic (exact) mass is 526 g/mol. The molecule has 0 bridgehead atoms. The predicted octanol–water partition coefficient (Wildman–Crippen LogP) is 7.34. The van der Waals surface area contributed by atoms with Crippen LogP contribution < -0.4 is 5.32 Å². The number of hydrogen-bond donors (Lipinski definition) is 1. The average molecular weight is 527 g/mol. The van der Waals surface area contributed by atoms with Crippen molar-refractivity contribution in [2.75, 3.05) is 5.32 Å². The number of nitrogens with zero attached hydrogens (tertiary/aromatic N) is 3. The van der Waals surface area contributed by atoms with Crippen LogP contribution in [0.4, 0.5) is 5.69 Å². The molecule has 1 N–H and O–H groups in total. The molecular weight excluding hydrogens is 496 g/mol. The quantitative estimate of drug-likeness (QED) is 0.204. The SMILES string of the molecule is CCCCc1nc2c(C)cc(NC(=O)c3ccccc3C=O)cc2n1Cc1ccc(-c2ccccc2C#N)cc1. The molecule has 0 atom stereocenters. The van der Waals surface area contributed by atoms with Crippen LogP contribution in [0.1, 0.15) is 63.0 Å². The largest absolute Gasteiger partial charge is 0.323 e. The van der Waals surface area contributed by atoms with Crippen molar-refractivity contribution in [1.29, 1.82) is 5.26 Å². The van der Waals surface area contributed by atoms with Crippen molar-refractivity contribution in [3.63, 3.8) is 0 Å². The number of imidazole rings is 1. The van der Waals surface area contributed by atoms with Crippen LogP contribution in [0.5, 0.6) is 0 Å². The summed E-state index contributed by atoms with van der Waals surface area (Å²) in [5, 5.41) is 12.5. The minimum Gasteiger partial charge on any atom is -0.323 e. The van der Waals surface area contributed by atoms with Crippen molar-refractivity contribution < 1.29 is 9.59 Å². The third-order valence-corrected chi connectivity index (χ3v) is 7.12. The maximum absolute atomic E-state index is 13.0. The number of rotatable bonds is 9. The Kier molecular flexibility index (Phi) is 7.84. The Morgan fingerprint density at radius 3 is 2.52 bits per heavy atom. The first-order valence-electron chi connectivity index (χ1n) is 13.5. The lowest BCUT2D eigenvalue weighted by Gasteiger charge is -2.12. The summed E-state index contributed by atoms with van der Waals surface area (Å²) in [6.07, 6.45) is 3.64. The summed E-state index contributed by atoms with van der Waals surface area (Å²) in [6, 6.07) is 28.8. The molecule has 0 saturated carbocycles.